The predicted octanol–water partition coefficient (Wildman–Crippen LogP) is 1.83. The zero-order valence-electron chi connectivity index (χ0n) is 5.10. The fourth-order valence-corrected chi connectivity index (χ4v) is 0.803. The Hall–Kier alpha value is -0.687. The van der Waals surface area contributed by atoms with Gasteiger partial charge < -0.3 is 4.42 Å². The van der Waals surface area contributed by atoms with Gasteiger partial charge >= 0.3 is 0 Å². The minimum atomic E-state index is 0. The molecule has 0 saturated carbocycles. The van der Waals surface area contributed by atoms with Crippen LogP contribution >= 0.6 is 0 Å². The van der Waals surface area contributed by atoms with Crippen molar-refractivity contribution in [3.05, 3.63) is 30.7 Å². The molecule has 0 amide bonds. The van der Waals surface area contributed by atoms with Gasteiger partial charge in [-0.2, -0.15) is 0 Å². The summed E-state index contributed by atoms with van der Waals surface area (Å²) in [5.74, 6) is 0. The van der Waals surface area contributed by atoms with E-state index in [1.807, 2.05) is 24.3 Å². The van der Waals surface area contributed by atoms with Crippen molar-refractivity contribution in [3.8, 4) is 0 Å². The van der Waals surface area contributed by atoms with E-state index < -0.39 is 0 Å². The van der Waals surface area contributed by atoms with E-state index in [2.05, 4.69) is 4.98 Å². The molecule has 0 aliphatic carbocycles. The molecule has 0 unspecified atom stereocenters. The molecule has 52 valence electrons. The second-order valence-electron chi connectivity index (χ2n) is 1.82. The number of fused-ring (bicyclic) bond motifs is 1. The fraction of sp³-hybridized carbons (Fsp3) is 0. The number of aromatic nitrogens is 1. The normalized spacial score (nSPS) is 9.20. The summed E-state index contributed by atoms with van der Waals surface area (Å²) in [5.41, 5.74) is 1.76. The van der Waals surface area contributed by atoms with E-state index in [0.29, 0.717) is 0 Å². The van der Waals surface area contributed by atoms with Gasteiger partial charge in [0.2, 0.25) is 0 Å². The molecule has 0 aliphatic heterocycles. The first kappa shape index (κ1) is 7.42. The van der Waals surface area contributed by atoms with Gasteiger partial charge in [0.05, 0.1) is 0 Å². The summed E-state index contributed by atoms with van der Waals surface area (Å²) in [6, 6.07) is 7.67. The van der Waals surface area contributed by atoms with Gasteiger partial charge in [-0.1, -0.05) is 12.1 Å². The molecule has 0 saturated heterocycles. The third kappa shape index (κ3) is 1.10. The van der Waals surface area contributed by atoms with Crippen LogP contribution in [0.25, 0.3) is 11.1 Å². The van der Waals surface area contributed by atoms with Gasteiger partial charge in [0.25, 0.3) is 0 Å². The smallest absolute Gasteiger partial charge is 0.181 e. The van der Waals surface area contributed by atoms with Gasteiger partial charge in [-0.15, -0.1) is 0 Å². The summed E-state index contributed by atoms with van der Waals surface area (Å²) in [4.78, 5) is 3.95. The third-order valence-corrected chi connectivity index (χ3v) is 1.24. The van der Waals surface area contributed by atoms with Gasteiger partial charge in [0.15, 0.2) is 12.0 Å². The summed E-state index contributed by atoms with van der Waals surface area (Å²) >= 11 is 0. The molecule has 0 bridgehead atoms. The second-order valence-corrected chi connectivity index (χ2v) is 1.82. The molecule has 0 spiro atoms. The zero-order valence-corrected chi connectivity index (χ0v) is 6.83. The molecule has 0 atom stereocenters. The van der Waals surface area contributed by atoms with Crippen LogP contribution < -0.4 is 0 Å². The maximum Gasteiger partial charge on any atom is 0.181 e. The Bertz CT molecular complexity index is 288. The van der Waals surface area contributed by atoms with Crippen LogP contribution in [0.4, 0.5) is 0 Å². The molecular formula is C7H5NORu. The molecule has 2 rings (SSSR count). The molecule has 10 heavy (non-hydrogen) atoms. The molecule has 0 aliphatic rings. The van der Waals surface area contributed by atoms with Crippen LogP contribution in [0.2, 0.25) is 0 Å². The molecule has 1 aromatic heterocycles. The van der Waals surface area contributed by atoms with Crippen molar-refractivity contribution in [2.24, 2.45) is 0 Å². The minimum absolute atomic E-state index is 0. The van der Waals surface area contributed by atoms with Gasteiger partial charge in [-0.05, 0) is 12.1 Å². The third-order valence-electron chi connectivity index (χ3n) is 1.24. The van der Waals surface area contributed by atoms with Crippen LogP contribution in [0.3, 0.4) is 0 Å². The standard InChI is InChI=1S/C7H5NO.Ru/c1-2-4-7-6(3-1)8-5-9-7;/h1-5H;. The molecule has 0 radical (unpaired) electrons. The van der Waals surface area contributed by atoms with Crippen molar-refractivity contribution in [2.45, 2.75) is 0 Å². The topological polar surface area (TPSA) is 26.0 Å². The van der Waals surface area contributed by atoms with Gasteiger partial charge in [0.1, 0.15) is 5.52 Å². The van der Waals surface area contributed by atoms with Crippen LogP contribution in [-0.2, 0) is 19.5 Å². The van der Waals surface area contributed by atoms with Crippen molar-refractivity contribution in [1.29, 1.82) is 0 Å². The Labute approximate surface area is 71.0 Å². The fourth-order valence-electron chi connectivity index (χ4n) is 0.803. The first-order valence-corrected chi connectivity index (χ1v) is 2.75. The van der Waals surface area contributed by atoms with E-state index >= 15 is 0 Å². The Balaban J connectivity index is 0.000000500. The van der Waals surface area contributed by atoms with Crippen LogP contribution in [0, 0.1) is 0 Å². The summed E-state index contributed by atoms with van der Waals surface area (Å²) in [6.07, 6.45) is 1.45. The van der Waals surface area contributed by atoms with Crippen LogP contribution in [-0.4, -0.2) is 4.98 Å². The average Bonchev–Trinajstić information content (AvgIpc) is 2.33. The van der Waals surface area contributed by atoms with E-state index in [1.54, 1.807) is 0 Å². The molecule has 2 aromatic rings. The van der Waals surface area contributed by atoms with Gasteiger partial charge in [-0.3, -0.25) is 0 Å². The number of benzene rings is 1. The van der Waals surface area contributed by atoms with Crippen molar-refractivity contribution in [2.75, 3.05) is 0 Å². The van der Waals surface area contributed by atoms with E-state index in [4.69, 9.17) is 4.42 Å². The van der Waals surface area contributed by atoms with Crippen LogP contribution in [0.1, 0.15) is 0 Å². The number of nitrogens with zero attached hydrogens (tertiary/aromatic N) is 1. The van der Waals surface area contributed by atoms with E-state index in [9.17, 15) is 0 Å². The first-order chi connectivity index (χ1) is 4.47. The number of oxazole rings is 1. The monoisotopic (exact) mass is 221 g/mol. The maximum absolute atomic E-state index is 5.01. The summed E-state index contributed by atoms with van der Waals surface area (Å²) in [7, 11) is 0. The zero-order chi connectivity index (χ0) is 6.10. The molecular weight excluding hydrogens is 215 g/mol. The van der Waals surface area contributed by atoms with Gasteiger partial charge in [-0.25, -0.2) is 4.98 Å². The first-order valence-electron chi connectivity index (χ1n) is 2.75. The van der Waals surface area contributed by atoms with E-state index in [0.717, 1.165) is 11.1 Å². The molecule has 1 heterocycles. The second kappa shape index (κ2) is 2.93. The largest absolute Gasteiger partial charge is 0.443 e. The van der Waals surface area contributed by atoms with E-state index in [1.165, 1.54) is 6.39 Å². The summed E-state index contributed by atoms with van der Waals surface area (Å²) in [6.45, 7) is 0. The van der Waals surface area contributed by atoms with Crippen molar-refractivity contribution in [3.63, 3.8) is 0 Å². The number of hydrogen-bond acceptors (Lipinski definition) is 2. The van der Waals surface area contributed by atoms with Crippen molar-refractivity contribution < 1.29 is 23.9 Å². The van der Waals surface area contributed by atoms with Crippen molar-refractivity contribution in [1.82, 2.24) is 4.98 Å². The predicted molar refractivity (Wildman–Crippen MR) is 34.0 cm³/mol. The SMILES string of the molecule is [Ru].c1ccc2ocnc2c1. The summed E-state index contributed by atoms with van der Waals surface area (Å²) < 4.78 is 5.01. The van der Waals surface area contributed by atoms with Gasteiger partial charge in [0, 0.05) is 19.5 Å². The van der Waals surface area contributed by atoms with E-state index in [-0.39, 0.29) is 19.5 Å². The van der Waals surface area contributed by atoms with Crippen LogP contribution in [0.15, 0.2) is 35.1 Å². The number of para-hydroxylation sites is 2. The molecule has 1 aromatic carbocycles. The molecule has 0 N–H and O–H groups in total. The Morgan fingerprint density at radius 1 is 1.20 bits per heavy atom. The number of hydrogen-bond donors (Lipinski definition) is 0. The van der Waals surface area contributed by atoms with Crippen LogP contribution in [0.5, 0.6) is 0 Å². The average molecular weight is 220 g/mol. The maximum atomic E-state index is 5.01. The molecule has 0 fully saturated rings. The number of rotatable bonds is 0. The summed E-state index contributed by atoms with van der Waals surface area (Å²) in [5, 5.41) is 0. The molecule has 3 heteroatoms. The minimum Gasteiger partial charge on any atom is -0.443 e. The quantitative estimate of drug-likeness (QED) is 0.633. The van der Waals surface area contributed by atoms with Crippen molar-refractivity contribution >= 4 is 11.1 Å². The Morgan fingerprint density at radius 2 is 2.00 bits per heavy atom. The Kier molecular flexibility index (Phi) is 2.18. The Morgan fingerprint density at radius 3 is 2.80 bits per heavy atom. The molecule has 2 nitrogen and oxygen atoms in total.